The zero-order chi connectivity index (χ0) is 12.8. The average Bonchev–Trinajstić information content (AvgIpc) is 2.69. The van der Waals surface area contributed by atoms with Crippen molar-refractivity contribution in [3.8, 4) is 0 Å². The monoisotopic (exact) mass is 242 g/mol. The second-order valence-electron chi connectivity index (χ2n) is 5.95. The van der Waals surface area contributed by atoms with Crippen LogP contribution in [0.5, 0.6) is 0 Å². The van der Waals surface area contributed by atoms with Gasteiger partial charge in [0, 0.05) is 31.8 Å². The summed E-state index contributed by atoms with van der Waals surface area (Å²) in [6.45, 7) is 12.1. The Labute approximate surface area is 107 Å². The van der Waals surface area contributed by atoms with Gasteiger partial charge in [0.1, 0.15) is 0 Å². The van der Waals surface area contributed by atoms with Crippen LogP contribution >= 0.6 is 0 Å². The van der Waals surface area contributed by atoms with E-state index < -0.39 is 0 Å². The molecule has 0 radical (unpaired) electrons. The van der Waals surface area contributed by atoms with Crippen molar-refractivity contribution in [2.24, 2.45) is 5.92 Å². The fourth-order valence-corrected chi connectivity index (χ4v) is 2.50. The zero-order valence-electron chi connectivity index (χ0n) is 12.2. The van der Waals surface area contributed by atoms with Crippen LogP contribution in [-0.4, -0.2) is 49.8 Å². The molecule has 1 N–H and O–H groups in total. The molecule has 0 bridgehead atoms. The van der Waals surface area contributed by atoms with Crippen molar-refractivity contribution in [2.75, 3.05) is 26.7 Å². The average molecular weight is 242 g/mol. The van der Waals surface area contributed by atoms with Crippen LogP contribution in [0.25, 0.3) is 0 Å². The van der Waals surface area contributed by atoms with Crippen LogP contribution < -0.4 is 5.32 Å². The molecule has 1 heterocycles. The molecule has 1 saturated heterocycles. The lowest BCUT2D eigenvalue weighted by Crippen LogP contribution is -2.47. The van der Waals surface area contributed by atoms with Gasteiger partial charge in [-0.05, 0) is 25.8 Å². The molecule has 1 fully saturated rings. The highest BCUT2D eigenvalue weighted by atomic mass is 16.5. The summed E-state index contributed by atoms with van der Waals surface area (Å²) in [5, 5.41) is 3.55. The Kier molecular flexibility index (Phi) is 6.45. The normalized spacial score (nSPS) is 22.9. The lowest BCUT2D eigenvalue weighted by molar-refractivity contribution is 0.0590. The number of nitrogens with one attached hydrogen (secondary N) is 1. The van der Waals surface area contributed by atoms with Gasteiger partial charge in [-0.2, -0.15) is 0 Å². The summed E-state index contributed by atoms with van der Waals surface area (Å²) in [6.07, 6.45) is 2.92. The second kappa shape index (κ2) is 7.34. The molecule has 0 aromatic rings. The summed E-state index contributed by atoms with van der Waals surface area (Å²) in [6, 6.07) is 1.16. The Hall–Kier alpha value is -0.120. The first-order valence-electron chi connectivity index (χ1n) is 7.06. The maximum atomic E-state index is 5.72. The SMILES string of the molecule is CC(C)NCC(C(C)C)N(C)CC1CCCO1. The summed E-state index contributed by atoms with van der Waals surface area (Å²) in [4.78, 5) is 2.47. The third-order valence-corrected chi connectivity index (χ3v) is 3.59. The number of hydrogen-bond donors (Lipinski definition) is 1. The van der Waals surface area contributed by atoms with Crippen LogP contribution in [0.15, 0.2) is 0 Å². The van der Waals surface area contributed by atoms with Crippen LogP contribution in [-0.2, 0) is 4.74 Å². The maximum Gasteiger partial charge on any atom is 0.0702 e. The molecule has 0 aliphatic carbocycles. The van der Waals surface area contributed by atoms with Gasteiger partial charge in [-0.3, -0.25) is 4.90 Å². The summed E-state index contributed by atoms with van der Waals surface area (Å²) < 4.78 is 5.72. The van der Waals surface area contributed by atoms with E-state index in [4.69, 9.17) is 4.74 Å². The maximum absolute atomic E-state index is 5.72. The molecule has 3 nitrogen and oxygen atoms in total. The Morgan fingerprint density at radius 2 is 2.00 bits per heavy atom. The van der Waals surface area contributed by atoms with Gasteiger partial charge in [0.25, 0.3) is 0 Å². The quantitative estimate of drug-likeness (QED) is 0.740. The fraction of sp³-hybridized carbons (Fsp3) is 1.00. The topological polar surface area (TPSA) is 24.5 Å². The number of hydrogen-bond acceptors (Lipinski definition) is 3. The minimum atomic E-state index is 0.459. The van der Waals surface area contributed by atoms with Crippen LogP contribution in [0.3, 0.4) is 0 Å². The Morgan fingerprint density at radius 1 is 1.29 bits per heavy atom. The summed E-state index contributed by atoms with van der Waals surface area (Å²) in [7, 11) is 2.23. The molecule has 0 saturated carbocycles. The van der Waals surface area contributed by atoms with Gasteiger partial charge in [-0.1, -0.05) is 27.7 Å². The molecule has 0 amide bonds. The van der Waals surface area contributed by atoms with Crippen molar-refractivity contribution in [3.05, 3.63) is 0 Å². The van der Waals surface area contributed by atoms with Gasteiger partial charge < -0.3 is 10.1 Å². The van der Waals surface area contributed by atoms with Crippen LogP contribution in [0.4, 0.5) is 0 Å². The first kappa shape index (κ1) is 14.9. The Morgan fingerprint density at radius 3 is 2.47 bits per heavy atom. The summed E-state index contributed by atoms with van der Waals surface area (Å²) in [5.41, 5.74) is 0. The predicted octanol–water partition coefficient (Wildman–Crippen LogP) is 2.12. The van der Waals surface area contributed by atoms with E-state index >= 15 is 0 Å². The molecular formula is C14H30N2O. The van der Waals surface area contributed by atoms with Crippen molar-refractivity contribution < 1.29 is 4.74 Å². The predicted molar refractivity (Wildman–Crippen MR) is 73.4 cm³/mol. The Bertz CT molecular complexity index is 200. The van der Waals surface area contributed by atoms with Crippen molar-refractivity contribution >= 4 is 0 Å². The number of rotatable bonds is 7. The van der Waals surface area contributed by atoms with Gasteiger partial charge in [-0.15, -0.1) is 0 Å². The molecule has 102 valence electrons. The number of ether oxygens (including phenoxy) is 1. The molecule has 1 aliphatic heterocycles. The zero-order valence-corrected chi connectivity index (χ0v) is 12.2. The highest BCUT2D eigenvalue weighted by molar-refractivity contribution is 4.79. The molecule has 3 heteroatoms. The standard InChI is InChI=1S/C14H30N2O/c1-11(2)14(9-15-12(3)4)16(5)10-13-7-6-8-17-13/h11-15H,6-10H2,1-5H3. The van der Waals surface area contributed by atoms with E-state index in [1.165, 1.54) is 12.8 Å². The van der Waals surface area contributed by atoms with Crippen molar-refractivity contribution in [2.45, 2.75) is 58.7 Å². The second-order valence-corrected chi connectivity index (χ2v) is 5.95. The molecule has 0 aromatic heterocycles. The molecule has 17 heavy (non-hydrogen) atoms. The largest absolute Gasteiger partial charge is 0.377 e. The van der Waals surface area contributed by atoms with Gasteiger partial charge >= 0.3 is 0 Å². The molecule has 1 aliphatic rings. The molecule has 2 atom stereocenters. The van der Waals surface area contributed by atoms with E-state index in [9.17, 15) is 0 Å². The lowest BCUT2D eigenvalue weighted by Gasteiger charge is -2.33. The van der Waals surface area contributed by atoms with E-state index in [0.29, 0.717) is 24.1 Å². The van der Waals surface area contributed by atoms with E-state index in [0.717, 1.165) is 19.7 Å². The minimum Gasteiger partial charge on any atom is -0.377 e. The minimum absolute atomic E-state index is 0.459. The van der Waals surface area contributed by atoms with Crippen LogP contribution in [0.2, 0.25) is 0 Å². The third kappa shape index (κ3) is 5.36. The molecule has 1 rings (SSSR count). The third-order valence-electron chi connectivity index (χ3n) is 3.59. The Balaban J connectivity index is 2.38. The highest BCUT2D eigenvalue weighted by Gasteiger charge is 2.23. The molecule has 0 spiro atoms. The smallest absolute Gasteiger partial charge is 0.0702 e. The first-order chi connectivity index (χ1) is 8.00. The summed E-state index contributed by atoms with van der Waals surface area (Å²) >= 11 is 0. The van der Waals surface area contributed by atoms with E-state index in [2.05, 4.69) is 45.0 Å². The molecule has 2 unspecified atom stereocenters. The van der Waals surface area contributed by atoms with Crippen LogP contribution in [0, 0.1) is 5.92 Å². The van der Waals surface area contributed by atoms with Crippen LogP contribution in [0.1, 0.15) is 40.5 Å². The number of likely N-dealkylation sites (N-methyl/N-ethyl adjacent to an activating group) is 1. The first-order valence-corrected chi connectivity index (χ1v) is 7.06. The van der Waals surface area contributed by atoms with E-state index in [1.807, 2.05) is 0 Å². The van der Waals surface area contributed by atoms with Gasteiger partial charge in [0.05, 0.1) is 6.10 Å². The van der Waals surface area contributed by atoms with Crippen molar-refractivity contribution in [3.63, 3.8) is 0 Å². The van der Waals surface area contributed by atoms with Crippen molar-refractivity contribution in [1.82, 2.24) is 10.2 Å². The fourth-order valence-electron chi connectivity index (χ4n) is 2.50. The van der Waals surface area contributed by atoms with Crippen molar-refractivity contribution in [1.29, 1.82) is 0 Å². The molecule has 0 aromatic carbocycles. The molecular weight excluding hydrogens is 212 g/mol. The number of nitrogens with zero attached hydrogens (tertiary/aromatic N) is 1. The summed E-state index contributed by atoms with van der Waals surface area (Å²) in [5.74, 6) is 0.674. The van der Waals surface area contributed by atoms with Gasteiger partial charge in [-0.25, -0.2) is 0 Å². The lowest BCUT2D eigenvalue weighted by atomic mass is 10.0. The van der Waals surface area contributed by atoms with Gasteiger partial charge in [0.2, 0.25) is 0 Å². The van der Waals surface area contributed by atoms with E-state index in [1.54, 1.807) is 0 Å². The highest BCUT2D eigenvalue weighted by Crippen LogP contribution is 2.16. The van der Waals surface area contributed by atoms with Gasteiger partial charge in [0.15, 0.2) is 0 Å². The van der Waals surface area contributed by atoms with E-state index in [-0.39, 0.29) is 0 Å².